The molecule has 0 fully saturated rings. The van der Waals surface area contributed by atoms with Gasteiger partial charge in [-0.25, -0.2) is 9.79 Å². The van der Waals surface area contributed by atoms with Crippen LogP contribution < -0.4 is 4.74 Å². The number of ether oxygens (including phenoxy) is 2. The van der Waals surface area contributed by atoms with Gasteiger partial charge < -0.3 is 9.47 Å². The van der Waals surface area contributed by atoms with Gasteiger partial charge in [0.05, 0.1) is 0 Å². The summed E-state index contributed by atoms with van der Waals surface area (Å²) >= 11 is 3.42. The molecule has 0 aromatic heterocycles. The third-order valence-electron chi connectivity index (χ3n) is 4.14. The first-order chi connectivity index (χ1) is 13.7. The van der Waals surface area contributed by atoms with E-state index in [1.54, 1.807) is 6.08 Å². The third-order valence-corrected chi connectivity index (χ3v) is 4.67. The number of esters is 1. The van der Waals surface area contributed by atoms with Crippen molar-refractivity contribution in [2.24, 2.45) is 4.99 Å². The van der Waals surface area contributed by atoms with Gasteiger partial charge in [-0.2, -0.15) is 0 Å². The lowest BCUT2D eigenvalue weighted by atomic mass is 10.2. The average molecular weight is 434 g/mol. The molecule has 0 radical (unpaired) electrons. The molecule has 5 heteroatoms. The molecular weight excluding hydrogens is 418 g/mol. The second-order valence-corrected chi connectivity index (χ2v) is 7.10. The molecule has 28 heavy (non-hydrogen) atoms. The highest BCUT2D eigenvalue weighted by Crippen LogP contribution is 2.21. The van der Waals surface area contributed by atoms with Gasteiger partial charge in [0.1, 0.15) is 12.4 Å². The van der Waals surface area contributed by atoms with Crippen LogP contribution >= 0.6 is 15.9 Å². The Morgan fingerprint density at radius 3 is 2.36 bits per heavy atom. The Kier molecular flexibility index (Phi) is 5.35. The number of benzene rings is 3. The van der Waals surface area contributed by atoms with Crippen molar-refractivity contribution >= 4 is 33.9 Å². The van der Waals surface area contributed by atoms with Crippen molar-refractivity contribution in [1.29, 1.82) is 0 Å². The molecule has 1 heterocycles. The highest BCUT2D eigenvalue weighted by atomic mass is 79.9. The van der Waals surface area contributed by atoms with Crippen LogP contribution in [0.5, 0.6) is 5.75 Å². The number of rotatable bonds is 5. The maximum absolute atomic E-state index is 12.1. The van der Waals surface area contributed by atoms with Crippen molar-refractivity contribution in [3.8, 4) is 5.75 Å². The SMILES string of the molecule is O=C1OC(c2ccccc2)=NC1=Cc1ccc(OCc2ccc(Br)cc2)cc1. The maximum Gasteiger partial charge on any atom is 0.363 e. The molecule has 0 saturated carbocycles. The summed E-state index contributed by atoms with van der Waals surface area (Å²) in [6.07, 6.45) is 1.71. The molecule has 0 aliphatic carbocycles. The Morgan fingerprint density at radius 1 is 0.929 bits per heavy atom. The maximum atomic E-state index is 12.1. The van der Waals surface area contributed by atoms with Gasteiger partial charge in [0.15, 0.2) is 5.70 Å². The summed E-state index contributed by atoms with van der Waals surface area (Å²) in [6.45, 7) is 0.491. The second-order valence-electron chi connectivity index (χ2n) is 6.19. The Hall–Kier alpha value is -3.18. The predicted molar refractivity (Wildman–Crippen MR) is 112 cm³/mol. The third kappa shape index (κ3) is 4.38. The number of carbonyl (C=O) groups excluding carboxylic acids is 1. The lowest BCUT2D eigenvalue weighted by molar-refractivity contribution is -0.129. The summed E-state index contributed by atoms with van der Waals surface area (Å²) in [6, 6.07) is 24.9. The summed E-state index contributed by atoms with van der Waals surface area (Å²) in [5.41, 5.74) is 2.99. The van der Waals surface area contributed by atoms with E-state index >= 15 is 0 Å². The molecule has 0 bridgehead atoms. The number of halogens is 1. The van der Waals surface area contributed by atoms with Gasteiger partial charge in [-0.05, 0) is 53.6 Å². The molecule has 138 valence electrons. The van der Waals surface area contributed by atoms with E-state index in [1.165, 1.54) is 0 Å². The summed E-state index contributed by atoms with van der Waals surface area (Å²) < 4.78 is 12.1. The zero-order chi connectivity index (χ0) is 19.3. The molecule has 0 amide bonds. The smallest absolute Gasteiger partial charge is 0.363 e. The molecule has 0 atom stereocenters. The highest BCUT2D eigenvalue weighted by molar-refractivity contribution is 9.10. The zero-order valence-electron chi connectivity index (χ0n) is 14.8. The number of nitrogens with zero attached hydrogens (tertiary/aromatic N) is 1. The first-order valence-electron chi connectivity index (χ1n) is 8.73. The number of carbonyl (C=O) groups is 1. The van der Waals surface area contributed by atoms with Crippen LogP contribution in [0.1, 0.15) is 16.7 Å². The fourth-order valence-electron chi connectivity index (χ4n) is 2.68. The van der Waals surface area contributed by atoms with Crippen LogP contribution in [0.3, 0.4) is 0 Å². The quantitative estimate of drug-likeness (QED) is 0.401. The molecule has 0 saturated heterocycles. The minimum absolute atomic E-state index is 0.280. The molecule has 4 rings (SSSR count). The van der Waals surface area contributed by atoms with E-state index in [0.717, 1.165) is 26.9 Å². The molecule has 0 N–H and O–H groups in total. The normalized spacial score (nSPS) is 14.7. The van der Waals surface area contributed by atoms with Gasteiger partial charge >= 0.3 is 5.97 Å². The van der Waals surface area contributed by atoms with Crippen molar-refractivity contribution in [2.75, 3.05) is 0 Å². The topological polar surface area (TPSA) is 47.9 Å². The van der Waals surface area contributed by atoms with Crippen LogP contribution in [0.25, 0.3) is 6.08 Å². The largest absolute Gasteiger partial charge is 0.489 e. The monoisotopic (exact) mass is 433 g/mol. The van der Waals surface area contributed by atoms with E-state index < -0.39 is 5.97 Å². The van der Waals surface area contributed by atoms with Crippen molar-refractivity contribution < 1.29 is 14.3 Å². The van der Waals surface area contributed by atoms with Crippen molar-refractivity contribution in [3.63, 3.8) is 0 Å². The first kappa shape index (κ1) is 18.2. The Labute approximate surface area is 171 Å². The van der Waals surface area contributed by atoms with Gasteiger partial charge in [0.2, 0.25) is 5.90 Å². The molecule has 4 nitrogen and oxygen atoms in total. The summed E-state index contributed by atoms with van der Waals surface area (Å²) in [7, 11) is 0. The van der Waals surface area contributed by atoms with E-state index in [2.05, 4.69) is 20.9 Å². The van der Waals surface area contributed by atoms with E-state index in [-0.39, 0.29) is 5.70 Å². The van der Waals surface area contributed by atoms with Crippen LogP contribution in [0.2, 0.25) is 0 Å². The molecule has 3 aromatic rings. The van der Waals surface area contributed by atoms with E-state index in [9.17, 15) is 4.79 Å². The number of hydrogen-bond donors (Lipinski definition) is 0. The Bertz CT molecular complexity index is 1040. The minimum atomic E-state index is -0.450. The van der Waals surface area contributed by atoms with Gasteiger partial charge in [-0.15, -0.1) is 0 Å². The predicted octanol–water partition coefficient (Wildman–Crippen LogP) is 5.37. The standard InChI is InChI=1S/C23H16BrNO3/c24-19-10-6-17(7-11-19)15-27-20-12-8-16(9-13-20)14-21-23(26)28-22(25-21)18-4-2-1-3-5-18/h1-14H,15H2. The lowest BCUT2D eigenvalue weighted by Gasteiger charge is -2.06. The minimum Gasteiger partial charge on any atom is -0.489 e. The fraction of sp³-hybridized carbons (Fsp3) is 0.0435. The summed E-state index contributed by atoms with van der Waals surface area (Å²) in [4.78, 5) is 16.4. The van der Waals surface area contributed by atoms with Crippen LogP contribution in [0.15, 0.2) is 94.0 Å². The highest BCUT2D eigenvalue weighted by Gasteiger charge is 2.23. The van der Waals surface area contributed by atoms with Gasteiger partial charge in [0, 0.05) is 10.0 Å². The molecule has 3 aromatic carbocycles. The van der Waals surface area contributed by atoms with Gasteiger partial charge in [-0.3, -0.25) is 0 Å². The molecule has 1 aliphatic rings. The zero-order valence-corrected chi connectivity index (χ0v) is 16.4. The molecular formula is C23H16BrNO3. The summed E-state index contributed by atoms with van der Waals surface area (Å²) in [5.74, 6) is 0.633. The molecule has 0 unspecified atom stereocenters. The molecule has 1 aliphatic heterocycles. The van der Waals surface area contributed by atoms with Crippen LogP contribution in [-0.4, -0.2) is 11.9 Å². The van der Waals surface area contributed by atoms with E-state index in [4.69, 9.17) is 9.47 Å². The number of hydrogen-bond acceptors (Lipinski definition) is 4. The molecule has 0 spiro atoms. The van der Waals surface area contributed by atoms with E-state index in [1.807, 2.05) is 78.9 Å². The number of cyclic esters (lactones) is 1. The summed E-state index contributed by atoms with van der Waals surface area (Å²) in [5, 5.41) is 0. The average Bonchev–Trinajstić information content (AvgIpc) is 3.10. The Morgan fingerprint density at radius 2 is 1.64 bits per heavy atom. The Balaban J connectivity index is 1.44. The van der Waals surface area contributed by atoms with Crippen LogP contribution in [0, 0.1) is 0 Å². The van der Waals surface area contributed by atoms with Crippen LogP contribution in [0.4, 0.5) is 0 Å². The second kappa shape index (κ2) is 8.23. The number of aliphatic imine (C=N–C) groups is 1. The van der Waals surface area contributed by atoms with Crippen molar-refractivity contribution in [2.45, 2.75) is 6.61 Å². The van der Waals surface area contributed by atoms with Crippen molar-refractivity contribution in [1.82, 2.24) is 0 Å². The first-order valence-corrected chi connectivity index (χ1v) is 9.52. The lowest BCUT2D eigenvalue weighted by Crippen LogP contribution is -2.04. The van der Waals surface area contributed by atoms with Crippen LogP contribution in [-0.2, 0) is 16.1 Å². The van der Waals surface area contributed by atoms with E-state index in [0.29, 0.717) is 12.5 Å². The fourth-order valence-corrected chi connectivity index (χ4v) is 2.94. The van der Waals surface area contributed by atoms with Gasteiger partial charge in [-0.1, -0.05) is 58.4 Å². The van der Waals surface area contributed by atoms with Crippen molar-refractivity contribution in [3.05, 3.63) is 106 Å². The van der Waals surface area contributed by atoms with Gasteiger partial charge in [0.25, 0.3) is 0 Å².